The van der Waals surface area contributed by atoms with Crippen molar-refractivity contribution >= 4 is 5.82 Å². The van der Waals surface area contributed by atoms with Crippen LogP contribution in [0, 0.1) is 11.3 Å². The van der Waals surface area contributed by atoms with Crippen molar-refractivity contribution in [2.45, 2.75) is 31.8 Å². The molecule has 28 heavy (non-hydrogen) atoms. The van der Waals surface area contributed by atoms with Crippen LogP contribution in [0.4, 0.5) is 5.82 Å². The highest BCUT2D eigenvalue weighted by Crippen LogP contribution is 2.37. The first-order valence-corrected chi connectivity index (χ1v) is 9.22. The lowest BCUT2D eigenvalue weighted by Crippen LogP contribution is -2.29. The number of nitrogens with zero attached hydrogens (tertiary/aromatic N) is 4. The lowest BCUT2D eigenvalue weighted by Gasteiger charge is -2.25. The number of fused-ring (bicyclic) bond motifs is 1. The summed E-state index contributed by atoms with van der Waals surface area (Å²) in [6, 6.07) is 10.1. The van der Waals surface area contributed by atoms with Crippen molar-refractivity contribution in [3.63, 3.8) is 0 Å². The Morgan fingerprint density at radius 3 is 2.96 bits per heavy atom. The number of nitriles is 1. The molecule has 4 rings (SSSR count). The first-order valence-electron chi connectivity index (χ1n) is 9.22. The largest absolute Gasteiger partial charge is 0.496 e. The van der Waals surface area contributed by atoms with Crippen LogP contribution in [0.3, 0.4) is 0 Å². The molecule has 0 saturated carbocycles. The summed E-state index contributed by atoms with van der Waals surface area (Å²) in [5.74, 6) is 1.04. The van der Waals surface area contributed by atoms with Crippen LogP contribution in [0.1, 0.15) is 28.8 Å². The predicted octanol–water partition coefficient (Wildman–Crippen LogP) is 2.27. The fourth-order valence-electron chi connectivity index (χ4n) is 3.86. The average molecular weight is 374 g/mol. The van der Waals surface area contributed by atoms with Crippen LogP contribution < -0.4 is 16.2 Å². The van der Waals surface area contributed by atoms with E-state index in [0.29, 0.717) is 18.5 Å². The van der Waals surface area contributed by atoms with Crippen molar-refractivity contribution in [1.82, 2.24) is 14.8 Å². The van der Waals surface area contributed by atoms with Crippen LogP contribution in [0.2, 0.25) is 0 Å². The minimum Gasteiger partial charge on any atom is -0.496 e. The Labute approximate surface area is 163 Å². The average Bonchev–Trinajstić information content (AvgIpc) is 3.20. The van der Waals surface area contributed by atoms with Crippen molar-refractivity contribution < 1.29 is 4.74 Å². The van der Waals surface area contributed by atoms with Crippen LogP contribution in [0.25, 0.3) is 11.1 Å². The Kier molecular flexibility index (Phi) is 4.72. The molecule has 0 radical (unpaired) electrons. The monoisotopic (exact) mass is 374 g/mol. The van der Waals surface area contributed by atoms with Gasteiger partial charge in [0.05, 0.1) is 13.7 Å². The summed E-state index contributed by atoms with van der Waals surface area (Å²) in [5.41, 5.74) is 17.4. The Morgan fingerprint density at radius 1 is 1.39 bits per heavy atom. The van der Waals surface area contributed by atoms with E-state index in [1.165, 1.54) is 0 Å². The first kappa shape index (κ1) is 18.0. The number of rotatable bonds is 4. The number of hydrogen-bond donors (Lipinski definition) is 2. The second-order valence-corrected chi connectivity index (χ2v) is 7.02. The highest BCUT2D eigenvalue weighted by Gasteiger charge is 2.25. The lowest BCUT2D eigenvalue weighted by molar-refractivity contribution is 0.407. The third-order valence-corrected chi connectivity index (χ3v) is 5.20. The van der Waals surface area contributed by atoms with E-state index in [1.54, 1.807) is 13.3 Å². The number of ether oxygens (including phenoxy) is 1. The zero-order valence-corrected chi connectivity index (χ0v) is 15.7. The van der Waals surface area contributed by atoms with Gasteiger partial charge >= 0.3 is 0 Å². The summed E-state index contributed by atoms with van der Waals surface area (Å²) >= 11 is 0. The Hall–Kier alpha value is -3.37. The standard InChI is InChI=1S/C21H22N6O/c1-28-19-6-3-13(9-14(19)12-27-8-2-7-25-27)20-16-10-15(23)4-5-18(16)26-21(24)17(20)11-22/h2-3,6-9,15H,4-5,10,12,23H2,1H3,(H2,24,26). The molecule has 7 nitrogen and oxygen atoms in total. The number of anilines is 1. The van der Waals surface area contributed by atoms with E-state index in [-0.39, 0.29) is 11.9 Å². The molecule has 0 amide bonds. The van der Waals surface area contributed by atoms with Crippen molar-refractivity contribution in [3.8, 4) is 22.9 Å². The fraction of sp³-hybridized carbons (Fsp3) is 0.286. The zero-order valence-electron chi connectivity index (χ0n) is 15.7. The molecule has 2 heterocycles. The molecule has 7 heteroatoms. The number of nitrogens with two attached hydrogens (primary N) is 2. The Balaban J connectivity index is 1.89. The summed E-state index contributed by atoms with van der Waals surface area (Å²) in [5, 5.41) is 14.0. The van der Waals surface area contributed by atoms with Gasteiger partial charge in [0, 0.05) is 35.3 Å². The molecular formula is C21H22N6O. The van der Waals surface area contributed by atoms with E-state index in [9.17, 15) is 5.26 Å². The van der Waals surface area contributed by atoms with Gasteiger partial charge in [-0.1, -0.05) is 6.07 Å². The normalized spacial score (nSPS) is 15.7. The second kappa shape index (κ2) is 7.33. The SMILES string of the molecule is COc1ccc(-c2c(C#N)c(N)nc3c2CC(N)CC3)cc1Cn1cccn1. The van der Waals surface area contributed by atoms with E-state index >= 15 is 0 Å². The van der Waals surface area contributed by atoms with Crippen LogP contribution in [-0.2, 0) is 19.4 Å². The van der Waals surface area contributed by atoms with Crippen molar-refractivity contribution in [3.05, 3.63) is 59.0 Å². The number of methoxy groups -OCH3 is 1. The van der Waals surface area contributed by atoms with Gasteiger partial charge in [-0.05, 0) is 48.6 Å². The van der Waals surface area contributed by atoms with Gasteiger partial charge in [0.1, 0.15) is 23.2 Å². The number of aryl methyl sites for hydroxylation is 1. The summed E-state index contributed by atoms with van der Waals surface area (Å²) in [4.78, 5) is 4.48. The fourth-order valence-corrected chi connectivity index (χ4v) is 3.86. The number of pyridine rings is 1. The number of aromatic nitrogens is 3. The molecule has 1 atom stereocenters. The van der Waals surface area contributed by atoms with Crippen LogP contribution in [-0.4, -0.2) is 27.9 Å². The third-order valence-electron chi connectivity index (χ3n) is 5.20. The molecule has 2 aromatic heterocycles. The minimum absolute atomic E-state index is 0.0602. The molecule has 142 valence electrons. The highest BCUT2D eigenvalue weighted by atomic mass is 16.5. The minimum atomic E-state index is 0.0602. The van der Waals surface area contributed by atoms with Gasteiger partial charge in [-0.3, -0.25) is 4.68 Å². The summed E-state index contributed by atoms with van der Waals surface area (Å²) in [6.45, 7) is 0.564. The Morgan fingerprint density at radius 2 is 2.25 bits per heavy atom. The summed E-state index contributed by atoms with van der Waals surface area (Å²) < 4.78 is 7.36. The van der Waals surface area contributed by atoms with Crippen molar-refractivity contribution in [1.29, 1.82) is 5.26 Å². The number of benzene rings is 1. The van der Waals surface area contributed by atoms with Crippen LogP contribution in [0.15, 0.2) is 36.7 Å². The topological polar surface area (TPSA) is 116 Å². The molecule has 1 unspecified atom stereocenters. The van der Waals surface area contributed by atoms with E-state index in [4.69, 9.17) is 16.2 Å². The molecule has 0 aliphatic heterocycles. The van der Waals surface area contributed by atoms with Gasteiger partial charge < -0.3 is 16.2 Å². The molecule has 0 bridgehead atoms. The molecule has 1 aromatic carbocycles. The second-order valence-electron chi connectivity index (χ2n) is 7.02. The van der Waals surface area contributed by atoms with Gasteiger partial charge in [0.25, 0.3) is 0 Å². The van der Waals surface area contributed by atoms with Gasteiger partial charge in [-0.15, -0.1) is 0 Å². The maximum Gasteiger partial charge on any atom is 0.142 e. The summed E-state index contributed by atoms with van der Waals surface area (Å²) in [7, 11) is 1.65. The lowest BCUT2D eigenvalue weighted by atomic mass is 9.84. The smallest absolute Gasteiger partial charge is 0.142 e. The van der Waals surface area contributed by atoms with E-state index in [1.807, 2.05) is 35.1 Å². The molecule has 4 N–H and O–H groups in total. The molecule has 1 aliphatic rings. The first-order chi connectivity index (χ1) is 13.6. The molecule has 0 saturated heterocycles. The van der Waals surface area contributed by atoms with Crippen molar-refractivity contribution in [2.24, 2.45) is 5.73 Å². The third kappa shape index (κ3) is 3.19. The maximum absolute atomic E-state index is 9.77. The van der Waals surface area contributed by atoms with Crippen LogP contribution in [0.5, 0.6) is 5.75 Å². The predicted molar refractivity (Wildman–Crippen MR) is 107 cm³/mol. The van der Waals surface area contributed by atoms with Crippen LogP contribution >= 0.6 is 0 Å². The number of nitrogen functional groups attached to an aromatic ring is 1. The van der Waals surface area contributed by atoms with Gasteiger partial charge in [0.2, 0.25) is 0 Å². The van der Waals surface area contributed by atoms with Gasteiger partial charge in [0.15, 0.2) is 0 Å². The highest BCUT2D eigenvalue weighted by molar-refractivity contribution is 5.80. The maximum atomic E-state index is 9.77. The number of hydrogen-bond acceptors (Lipinski definition) is 6. The van der Waals surface area contributed by atoms with Gasteiger partial charge in [-0.2, -0.15) is 10.4 Å². The quantitative estimate of drug-likeness (QED) is 0.724. The molecule has 3 aromatic rings. The van der Waals surface area contributed by atoms with E-state index < -0.39 is 0 Å². The summed E-state index contributed by atoms with van der Waals surface area (Å²) in [6.07, 6.45) is 5.98. The molecule has 1 aliphatic carbocycles. The van der Waals surface area contributed by atoms with Gasteiger partial charge in [-0.25, -0.2) is 4.98 Å². The molecule has 0 spiro atoms. The molecular weight excluding hydrogens is 352 g/mol. The van der Waals surface area contributed by atoms with E-state index in [2.05, 4.69) is 16.2 Å². The molecule has 0 fully saturated rings. The van der Waals surface area contributed by atoms with E-state index in [0.717, 1.165) is 46.5 Å². The zero-order chi connectivity index (χ0) is 19.7. The Bertz CT molecular complexity index is 1050. The van der Waals surface area contributed by atoms with Crippen molar-refractivity contribution in [2.75, 3.05) is 12.8 Å².